The summed E-state index contributed by atoms with van der Waals surface area (Å²) in [5.41, 5.74) is 0. The van der Waals surface area contributed by atoms with Crippen LogP contribution in [0.25, 0.3) is 0 Å². The first-order chi connectivity index (χ1) is 33.5. The van der Waals surface area contributed by atoms with Gasteiger partial charge in [0.15, 0.2) is 0 Å². The molecule has 0 radical (unpaired) electrons. The molecule has 0 saturated heterocycles. The Balaban J connectivity index is 3.49. The first-order valence-corrected chi connectivity index (χ1v) is 30.6. The van der Waals surface area contributed by atoms with Gasteiger partial charge in [0.1, 0.15) is 0 Å². The third-order valence-electron chi connectivity index (χ3n) is 14.2. The van der Waals surface area contributed by atoms with Crippen molar-refractivity contribution in [1.82, 2.24) is 5.32 Å². The third-order valence-corrected chi connectivity index (χ3v) is 14.2. The number of hydrogen-bond acceptors (Lipinski definition) is 5. The zero-order valence-electron chi connectivity index (χ0n) is 45.9. The minimum atomic E-state index is -0.688. The Morgan fingerprint density at radius 1 is 0.397 bits per heavy atom. The van der Waals surface area contributed by atoms with Gasteiger partial charge in [0.25, 0.3) is 0 Å². The number of amides is 1. The highest BCUT2D eigenvalue weighted by Gasteiger charge is 2.20. The lowest BCUT2D eigenvalue weighted by Gasteiger charge is -2.22. The molecule has 0 aromatic heterocycles. The average Bonchev–Trinajstić information content (AvgIpc) is 3.34. The van der Waals surface area contributed by atoms with E-state index in [2.05, 4.69) is 43.5 Å². The number of aliphatic hydroxyl groups is 2. The van der Waals surface area contributed by atoms with E-state index in [0.29, 0.717) is 25.9 Å². The molecule has 2 unspecified atom stereocenters. The summed E-state index contributed by atoms with van der Waals surface area (Å²) in [7, 11) is 0. The predicted molar refractivity (Wildman–Crippen MR) is 296 cm³/mol. The van der Waals surface area contributed by atoms with Crippen LogP contribution < -0.4 is 5.32 Å². The van der Waals surface area contributed by atoms with Crippen LogP contribution in [0.1, 0.15) is 335 Å². The third kappa shape index (κ3) is 53.7. The number of carbonyl (C=O) groups excluding carboxylic acids is 2. The molecule has 0 rings (SSSR count). The summed E-state index contributed by atoms with van der Waals surface area (Å²) in [5.74, 6) is -0.106. The maximum Gasteiger partial charge on any atom is 0.305 e. The number of rotatable bonds is 57. The summed E-state index contributed by atoms with van der Waals surface area (Å²) in [6.07, 6.45) is 70.4. The van der Waals surface area contributed by atoms with E-state index in [1.807, 2.05) is 0 Å². The Bertz CT molecular complexity index is 1060. The van der Waals surface area contributed by atoms with Crippen molar-refractivity contribution in [2.75, 3.05) is 13.2 Å². The van der Waals surface area contributed by atoms with Gasteiger partial charge in [-0.15, -0.1) is 0 Å². The Morgan fingerprint density at radius 3 is 1.04 bits per heavy atom. The van der Waals surface area contributed by atoms with Crippen LogP contribution in [0.15, 0.2) is 24.3 Å². The number of carbonyl (C=O) groups is 2. The molecule has 3 N–H and O–H groups in total. The normalized spacial score (nSPS) is 12.7. The molecule has 2 atom stereocenters. The fourth-order valence-electron chi connectivity index (χ4n) is 9.51. The van der Waals surface area contributed by atoms with Gasteiger partial charge in [-0.2, -0.15) is 0 Å². The van der Waals surface area contributed by atoms with E-state index in [1.54, 1.807) is 0 Å². The molecule has 0 aliphatic rings. The molecule has 0 heterocycles. The van der Waals surface area contributed by atoms with E-state index in [1.165, 1.54) is 225 Å². The zero-order chi connectivity index (χ0) is 49.3. The van der Waals surface area contributed by atoms with E-state index in [-0.39, 0.29) is 18.5 Å². The standard InChI is InChI=1S/C62H119NO5/c1-3-5-7-9-11-13-15-17-19-21-22-23-24-25-26-27-29-30-32-34-38-42-46-50-54-60(65)59(58-64)63-61(66)55-51-47-43-39-36-37-41-45-49-53-57-68-62(67)56-52-48-44-40-35-33-31-28-20-18-16-14-12-10-8-6-4-2/h18,20,37,41,59-60,64-65H,3-17,19,21-36,38-40,42-58H2,1-2H3,(H,63,66)/b20-18-,41-37-. The number of ether oxygens (including phenoxy) is 1. The molecule has 68 heavy (non-hydrogen) atoms. The SMILES string of the molecule is CCCCCCCC/C=C\CCCCCCCCCC(=O)OCCCC/C=C\CCCCCCC(=O)NC(CO)C(O)CCCCCCCCCCCCCCCCCCCCCCCCCC. The molecule has 0 saturated carbocycles. The number of esters is 1. The van der Waals surface area contributed by atoms with Gasteiger partial charge in [-0.1, -0.05) is 269 Å². The molecule has 0 spiro atoms. The van der Waals surface area contributed by atoms with Gasteiger partial charge < -0.3 is 20.3 Å². The largest absolute Gasteiger partial charge is 0.466 e. The summed E-state index contributed by atoms with van der Waals surface area (Å²) >= 11 is 0. The molecule has 0 aromatic carbocycles. The molecule has 0 aliphatic carbocycles. The number of aliphatic hydroxyl groups excluding tert-OH is 2. The van der Waals surface area contributed by atoms with E-state index in [9.17, 15) is 19.8 Å². The summed E-state index contributed by atoms with van der Waals surface area (Å²) in [6, 6.07) is -0.568. The van der Waals surface area contributed by atoms with Crippen LogP contribution in [0.4, 0.5) is 0 Å². The first kappa shape index (κ1) is 66.3. The Hall–Kier alpha value is -1.66. The Labute approximate surface area is 424 Å². The van der Waals surface area contributed by atoms with E-state index < -0.39 is 12.1 Å². The fourth-order valence-corrected chi connectivity index (χ4v) is 9.51. The number of unbranched alkanes of at least 4 members (excludes halogenated alkanes) is 42. The van der Waals surface area contributed by atoms with E-state index >= 15 is 0 Å². The molecule has 6 nitrogen and oxygen atoms in total. The fraction of sp³-hybridized carbons (Fsp3) is 0.903. The van der Waals surface area contributed by atoms with Crippen molar-refractivity contribution in [3.05, 3.63) is 24.3 Å². The van der Waals surface area contributed by atoms with Crippen LogP contribution in [-0.2, 0) is 14.3 Å². The lowest BCUT2D eigenvalue weighted by atomic mass is 10.0. The van der Waals surface area contributed by atoms with Crippen LogP contribution in [0.3, 0.4) is 0 Å². The van der Waals surface area contributed by atoms with Gasteiger partial charge in [-0.05, 0) is 77.0 Å². The molecule has 0 fully saturated rings. The second-order valence-corrected chi connectivity index (χ2v) is 21.0. The van der Waals surface area contributed by atoms with Gasteiger partial charge in [-0.25, -0.2) is 0 Å². The molecule has 402 valence electrons. The number of nitrogens with one attached hydrogen (secondary N) is 1. The average molecular weight is 959 g/mol. The topological polar surface area (TPSA) is 95.9 Å². The lowest BCUT2D eigenvalue weighted by molar-refractivity contribution is -0.143. The van der Waals surface area contributed by atoms with Crippen LogP contribution in [0, 0.1) is 0 Å². The van der Waals surface area contributed by atoms with Crippen molar-refractivity contribution < 1.29 is 24.5 Å². The molecule has 0 bridgehead atoms. The Kier molecular flexibility index (Phi) is 56.5. The predicted octanol–water partition coefficient (Wildman–Crippen LogP) is 19.0. The van der Waals surface area contributed by atoms with Gasteiger partial charge in [0.05, 0.1) is 25.4 Å². The highest BCUT2D eigenvalue weighted by atomic mass is 16.5. The molecule has 0 aromatic rings. The van der Waals surface area contributed by atoms with Crippen molar-refractivity contribution in [1.29, 1.82) is 0 Å². The molecule has 1 amide bonds. The van der Waals surface area contributed by atoms with Crippen molar-refractivity contribution in [2.24, 2.45) is 0 Å². The van der Waals surface area contributed by atoms with Crippen molar-refractivity contribution in [3.63, 3.8) is 0 Å². The van der Waals surface area contributed by atoms with Crippen LogP contribution in [0.2, 0.25) is 0 Å². The van der Waals surface area contributed by atoms with Gasteiger partial charge in [-0.3, -0.25) is 9.59 Å². The summed E-state index contributed by atoms with van der Waals surface area (Å²) < 4.78 is 5.45. The molecule has 0 aliphatic heterocycles. The summed E-state index contributed by atoms with van der Waals surface area (Å²) in [6.45, 7) is 4.88. The second kappa shape index (κ2) is 57.9. The van der Waals surface area contributed by atoms with Crippen molar-refractivity contribution in [2.45, 2.75) is 347 Å². The maximum atomic E-state index is 12.5. The van der Waals surface area contributed by atoms with Gasteiger partial charge in [0, 0.05) is 12.8 Å². The number of allylic oxidation sites excluding steroid dienone is 4. The monoisotopic (exact) mass is 958 g/mol. The summed E-state index contributed by atoms with van der Waals surface area (Å²) in [4.78, 5) is 24.6. The summed E-state index contributed by atoms with van der Waals surface area (Å²) in [5, 5.41) is 23.3. The molecule has 6 heteroatoms. The molecular weight excluding hydrogens is 839 g/mol. The smallest absolute Gasteiger partial charge is 0.305 e. The van der Waals surface area contributed by atoms with Crippen LogP contribution >= 0.6 is 0 Å². The van der Waals surface area contributed by atoms with Crippen LogP contribution in [0.5, 0.6) is 0 Å². The lowest BCUT2D eigenvalue weighted by Crippen LogP contribution is -2.45. The quantitative estimate of drug-likeness (QED) is 0.0321. The molecular formula is C62H119NO5. The van der Waals surface area contributed by atoms with Crippen molar-refractivity contribution >= 4 is 11.9 Å². The van der Waals surface area contributed by atoms with Gasteiger partial charge in [0.2, 0.25) is 5.91 Å². The minimum absolute atomic E-state index is 0.0386. The number of hydrogen-bond donors (Lipinski definition) is 3. The second-order valence-electron chi connectivity index (χ2n) is 21.0. The minimum Gasteiger partial charge on any atom is -0.466 e. The first-order valence-electron chi connectivity index (χ1n) is 30.6. The zero-order valence-corrected chi connectivity index (χ0v) is 45.9. The van der Waals surface area contributed by atoms with Crippen molar-refractivity contribution in [3.8, 4) is 0 Å². The van der Waals surface area contributed by atoms with E-state index in [0.717, 1.165) is 77.0 Å². The van der Waals surface area contributed by atoms with Crippen LogP contribution in [-0.4, -0.2) is 47.4 Å². The highest BCUT2D eigenvalue weighted by molar-refractivity contribution is 5.76. The highest BCUT2D eigenvalue weighted by Crippen LogP contribution is 2.18. The maximum absolute atomic E-state index is 12.5. The van der Waals surface area contributed by atoms with Gasteiger partial charge >= 0.3 is 5.97 Å². The van der Waals surface area contributed by atoms with E-state index in [4.69, 9.17) is 4.74 Å². The Morgan fingerprint density at radius 2 is 0.691 bits per heavy atom.